The summed E-state index contributed by atoms with van der Waals surface area (Å²) in [6, 6.07) is 10.9. The Morgan fingerprint density at radius 2 is 1.85 bits per heavy atom. The molecule has 20 heavy (non-hydrogen) atoms. The standard InChI is InChI=1S/C18H31NS/c1-5-20-13-9-12-17(15-19-18(2,3)4)14-16-10-7-6-8-11-16/h6-8,10-11,17,19H,5,9,12-15H2,1-4H3. The summed E-state index contributed by atoms with van der Waals surface area (Å²) in [5.74, 6) is 3.29. The average Bonchev–Trinajstić information content (AvgIpc) is 2.41. The van der Waals surface area contributed by atoms with Crippen molar-refractivity contribution in [3.8, 4) is 0 Å². The average molecular weight is 294 g/mol. The first-order chi connectivity index (χ1) is 9.51. The molecule has 1 aromatic carbocycles. The van der Waals surface area contributed by atoms with E-state index < -0.39 is 0 Å². The summed E-state index contributed by atoms with van der Waals surface area (Å²) >= 11 is 2.06. The lowest BCUT2D eigenvalue weighted by atomic mass is 9.94. The van der Waals surface area contributed by atoms with Crippen LogP contribution in [0.15, 0.2) is 30.3 Å². The molecular weight excluding hydrogens is 262 g/mol. The van der Waals surface area contributed by atoms with Crippen molar-refractivity contribution in [3.63, 3.8) is 0 Å². The van der Waals surface area contributed by atoms with Gasteiger partial charge in [0.15, 0.2) is 0 Å². The van der Waals surface area contributed by atoms with E-state index in [0.29, 0.717) is 0 Å². The normalized spacial score (nSPS) is 13.4. The molecule has 0 heterocycles. The molecule has 0 aliphatic rings. The van der Waals surface area contributed by atoms with E-state index in [1.807, 2.05) is 0 Å². The van der Waals surface area contributed by atoms with Crippen LogP contribution in [0.2, 0.25) is 0 Å². The highest BCUT2D eigenvalue weighted by molar-refractivity contribution is 7.99. The Balaban J connectivity index is 2.45. The van der Waals surface area contributed by atoms with Gasteiger partial charge in [0.05, 0.1) is 0 Å². The minimum Gasteiger partial charge on any atom is -0.312 e. The van der Waals surface area contributed by atoms with Crippen LogP contribution in [-0.2, 0) is 6.42 Å². The molecule has 1 nitrogen and oxygen atoms in total. The highest BCUT2D eigenvalue weighted by Gasteiger charge is 2.14. The Labute approximate surface area is 129 Å². The summed E-state index contributed by atoms with van der Waals surface area (Å²) in [6.45, 7) is 10.1. The molecule has 1 rings (SSSR count). The summed E-state index contributed by atoms with van der Waals surface area (Å²) in [5, 5.41) is 3.68. The Hall–Kier alpha value is -0.470. The molecule has 0 saturated carbocycles. The fourth-order valence-corrected chi connectivity index (χ4v) is 2.95. The summed E-state index contributed by atoms with van der Waals surface area (Å²) in [6.07, 6.45) is 3.85. The molecule has 0 saturated heterocycles. The molecule has 0 radical (unpaired) electrons. The molecule has 0 amide bonds. The topological polar surface area (TPSA) is 12.0 Å². The van der Waals surface area contributed by atoms with Crippen LogP contribution in [0.3, 0.4) is 0 Å². The highest BCUT2D eigenvalue weighted by atomic mass is 32.2. The molecule has 2 heteroatoms. The van der Waals surface area contributed by atoms with Crippen LogP contribution >= 0.6 is 11.8 Å². The third-order valence-electron chi connectivity index (χ3n) is 3.39. The van der Waals surface area contributed by atoms with E-state index >= 15 is 0 Å². The molecule has 0 fully saturated rings. The molecule has 1 aromatic rings. The summed E-state index contributed by atoms with van der Waals surface area (Å²) in [5.41, 5.74) is 1.68. The predicted octanol–water partition coefficient (Wildman–Crippen LogP) is 4.77. The molecule has 1 N–H and O–H groups in total. The van der Waals surface area contributed by atoms with Crippen molar-refractivity contribution >= 4 is 11.8 Å². The van der Waals surface area contributed by atoms with Gasteiger partial charge < -0.3 is 5.32 Å². The van der Waals surface area contributed by atoms with Crippen LogP contribution in [0.1, 0.15) is 46.1 Å². The van der Waals surface area contributed by atoms with Crippen molar-refractivity contribution in [1.29, 1.82) is 0 Å². The molecule has 0 aromatic heterocycles. The fraction of sp³-hybridized carbons (Fsp3) is 0.667. The van der Waals surface area contributed by atoms with E-state index in [4.69, 9.17) is 0 Å². The number of nitrogens with one attached hydrogen (secondary N) is 1. The van der Waals surface area contributed by atoms with Crippen molar-refractivity contribution in [3.05, 3.63) is 35.9 Å². The van der Waals surface area contributed by atoms with Crippen LogP contribution in [0.25, 0.3) is 0 Å². The van der Waals surface area contributed by atoms with Crippen LogP contribution < -0.4 is 5.32 Å². The number of benzene rings is 1. The molecule has 0 spiro atoms. The first kappa shape index (κ1) is 17.6. The molecule has 0 aliphatic carbocycles. The zero-order chi connectivity index (χ0) is 14.8. The maximum absolute atomic E-state index is 3.68. The quantitative estimate of drug-likeness (QED) is 0.658. The van der Waals surface area contributed by atoms with E-state index in [1.165, 1.54) is 36.3 Å². The number of thioether (sulfide) groups is 1. The first-order valence-corrected chi connectivity index (χ1v) is 9.03. The fourth-order valence-electron chi connectivity index (χ4n) is 2.29. The van der Waals surface area contributed by atoms with Gasteiger partial charge in [-0.1, -0.05) is 37.3 Å². The van der Waals surface area contributed by atoms with Crippen molar-refractivity contribution < 1.29 is 0 Å². The van der Waals surface area contributed by atoms with Crippen molar-refractivity contribution in [1.82, 2.24) is 5.32 Å². The molecule has 1 unspecified atom stereocenters. The second-order valence-corrected chi connectivity index (χ2v) is 7.92. The minimum atomic E-state index is 0.215. The summed E-state index contributed by atoms with van der Waals surface area (Å²) in [4.78, 5) is 0. The van der Waals surface area contributed by atoms with Gasteiger partial charge in [0.1, 0.15) is 0 Å². The maximum Gasteiger partial charge on any atom is 0.00966 e. The maximum atomic E-state index is 3.68. The monoisotopic (exact) mass is 293 g/mol. The lowest BCUT2D eigenvalue weighted by Crippen LogP contribution is -2.39. The molecule has 114 valence electrons. The Morgan fingerprint density at radius 1 is 1.15 bits per heavy atom. The number of hydrogen-bond donors (Lipinski definition) is 1. The molecule has 0 bridgehead atoms. The van der Waals surface area contributed by atoms with E-state index in [2.05, 4.69) is 75.1 Å². The molecule has 0 aliphatic heterocycles. The van der Waals surface area contributed by atoms with Crippen molar-refractivity contribution in [2.45, 2.75) is 52.5 Å². The Kier molecular flexibility index (Phi) is 8.32. The van der Waals surface area contributed by atoms with E-state index in [9.17, 15) is 0 Å². The van der Waals surface area contributed by atoms with Crippen LogP contribution in [-0.4, -0.2) is 23.6 Å². The molecule has 1 atom stereocenters. The SMILES string of the molecule is CCSCCCC(CNC(C)(C)C)Cc1ccccc1. The summed E-state index contributed by atoms with van der Waals surface area (Å²) < 4.78 is 0. The lowest BCUT2D eigenvalue weighted by molar-refractivity contribution is 0.355. The largest absolute Gasteiger partial charge is 0.312 e. The second kappa shape index (κ2) is 9.46. The van der Waals surface area contributed by atoms with Crippen LogP contribution in [0, 0.1) is 5.92 Å². The van der Waals surface area contributed by atoms with Gasteiger partial charge in [-0.15, -0.1) is 0 Å². The predicted molar refractivity (Wildman–Crippen MR) is 93.6 cm³/mol. The second-order valence-electron chi connectivity index (χ2n) is 6.53. The van der Waals surface area contributed by atoms with Gasteiger partial charge in [-0.3, -0.25) is 0 Å². The highest BCUT2D eigenvalue weighted by Crippen LogP contribution is 2.16. The zero-order valence-corrected chi connectivity index (χ0v) is 14.4. The molecular formula is C18H31NS. The third kappa shape index (κ3) is 8.65. The van der Waals surface area contributed by atoms with Gasteiger partial charge in [0, 0.05) is 5.54 Å². The Morgan fingerprint density at radius 3 is 2.45 bits per heavy atom. The zero-order valence-electron chi connectivity index (χ0n) is 13.6. The van der Waals surface area contributed by atoms with Gasteiger partial charge in [-0.2, -0.15) is 11.8 Å². The number of rotatable bonds is 9. The lowest BCUT2D eigenvalue weighted by Gasteiger charge is -2.25. The summed E-state index contributed by atoms with van der Waals surface area (Å²) in [7, 11) is 0. The van der Waals surface area contributed by atoms with Crippen LogP contribution in [0.4, 0.5) is 0 Å². The van der Waals surface area contributed by atoms with Gasteiger partial charge >= 0.3 is 0 Å². The van der Waals surface area contributed by atoms with Crippen LogP contribution in [0.5, 0.6) is 0 Å². The van der Waals surface area contributed by atoms with Gasteiger partial charge in [0.2, 0.25) is 0 Å². The van der Waals surface area contributed by atoms with Crippen molar-refractivity contribution in [2.24, 2.45) is 5.92 Å². The van der Waals surface area contributed by atoms with Gasteiger partial charge in [-0.25, -0.2) is 0 Å². The minimum absolute atomic E-state index is 0.215. The van der Waals surface area contributed by atoms with E-state index in [1.54, 1.807) is 0 Å². The Bertz CT molecular complexity index is 342. The van der Waals surface area contributed by atoms with E-state index in [0.717, 1.165) is 12.5 Å². The smallest absolute Gasteiger partial charge is 0.00966 e. The third-order valence-corrected chi connectivity index (χ3v) is 4.38. The van der Waals surface area contributed by atoms with E-state index in [-0.39, 0.29) is 5.54 Å². The van der Waals surface area contributed by atoms with Crippen molar-refractivity contribution in [2.75, 3.05) is 18.1 Å². The number of hydrogen-bond acceptors (Lipinski definition) is 2. The van der Waals surface area contributed by atoms with Gasteiger partial charge in [0.25, 0.3) is 0 Å². The first-order valence-electron chi connectivity index (χ1n) is 7.88. The van der Waals surface area contributed by atoms with Gasteiger partial charge in [-0.05, 0) is 69.6 Å².